The lowest BCUT2D eigenvalue weighted by molar-refractivity contribution is 0.305. The molecule has 3 N–H and O–H groups in total. The van der Waals surface area contributed by atoms with Crippen molar-refractivity contribution < 1.29 is 4.74 Å². The van der Waals surface area contributed by atoms with Gasteiger partial charge in [-0.3, -0.25) is 5.41 Å². The Hall–Kier alpha value is -2.00. The molecule has 0 radical (unpaired) electrons. The number of rotatable bonds is 4. The van der Waals surface area contributed by atoms with Crippen LogP contribution in [0.3, 0.4) is 0 Å². The van der Waals surface area contributed by atoms with Gasteiger partial charge in [0, 0.05) is 5.02 Å². The number of ether oxygens (including phenoxy) is 1. The van der Waals surface area contributed by atoms with Gasteiger partial charge in [-0.15, -0.1) is 0 Å². The minimum absolute atomic E-state index is 0.0308. The van der Waals surface area contributed by atoms with Crippen LogP contribution in [-0.4, -0.2) is 5.84 Å². The average Bonchev–Trinajstić information content (AvgIpc) is 2.40. The van der Waals surface area contributed by atoms with Gasteiger partial charge in [-0.2, -0.15) is 0 Å². The maximum Gasteiger partial charge on any atom is 0.132 e. The van der Waals surface area contributed by atoms with E-state index in [2.05, 4.69) is 26.0 Å². The highest BCUT2D eigenvalue weighted by Gasteiger charge is 2.08. The van der Waals surface area contributed by atoms with Gasteiger partial charge in [-0.05, 0) is 48.7 Å². The SMILES string of the molecule is Cc1ccc(COc2cc(Cl)ccc2C(=N)N)cc1C. The monoisotopic (exact) mass is 288 g/mol. The lowest BCUT2D eigenvalue weighted by Crippen LogP contribution is -2.13. The number of benzene rings is 2. The van der Waals surface area contributed by atoms with Gasteiger partial charge in [0.2, 0.25) is 0 Å². The molecule has 0 heterocycles. The second-order valence-corrected chi connectivity index (χ2v) is 5.20. The number of amidine groups is 1. The van der Waals surface area contributed by atoms with E-state index < -0.39 is 0 Å². The smallest absolute Gasteiger partial charge is 0.132 e. The first-order chi connectivity index (χ1) is 9.47. The van der Waals surface area contributed by atoms with Crippen LogP contribution in [-0.2, 0) is 6.61 Å². The molecule has 2 rings (SSSR count). The minimum atomic E-state index is -0.0308. The maximum absolute atomic E-state index is 7.55. The Morgan fingerprint density at radius 3 is 2.55 bits per heavy atom. The number of nitrogen functional groups attached to an aromatic ring is 1. The number of nitrogens with two attached hydrogens (primary N) is 1. The van der Waals surface area contributed by atoms with Gasteiger partial charge in [-0.1, -0.05) is 29.8 Å². The molecule has 0 saturated carbocycles. The predicted molar refractivity (Wildman–Crippen MR) is 82.7 cm³/mol. The Morgan fingerprint density at radius 1 is 1.15 bits per heavy atom. The summed E-state index contributed by atoms with van der Waals surface area (Å²) in [5, 5.41) is 8.11. The summed E-state index contributed by atoms with van der Waals surface area (Å²) in [6.45, 7) is 4.56. The van der Waals surface area contributed by atoms with Crippen molar-refractivity contribution in [3.63, 3.8) is 0 Å². The fourth-order valence-corrected chi connectivity index (χ4v) is 2.05. The second-order valence-electron chi connectivity index (χ2n) is 4.76. The molecule has 3 nitrogen and oxygen atoms in total. The minimum Gasteiger partial charge on any atom is -0.488 e. The summed E-state index contributed by atoms with van der Waals surface area (Å²) < 4.78 is 5.75. The standard InChI is InChI=1S/C16H17ClN2O/c1-10-3-4-12(7-11(10)2)9-20-15-8-13(17)5-6-14(15)16(18)19/h3-8H,9H2,1-2H3,(H3,18,19). The molecule has 0 unspecified atom stereocenters. The predicted octanol–water partition coefficient (Wildman–Crippen LogP) is 3.82. The van der Waals surface area contributed by atoms with Gasteiger partial charge >= 0.3 is 0 Å². The van der Waals surface area contributed by atoms with Crippen molar-refractivity contribution in [2.24, 2.45) is 5.73 Å². The second kappa shape index (κ2) is 5.97. The number of aryl methyl sites for hydroxylation is 2. The molecule has 0 aliphatic carbocycles. The zero-order valence-corrected chi connectivity index (χ0v) is 12.3. The normalized spacial score (nSPS) is 10.3. The van der Waals surface area contributed by atoms with Crippen LogP contribution in [0.4, 0.5) is 0 Å². The van der Waals surface area contributed by atoms with Crippen molar-refractivity contribution >= 4 is 17.4 Å². The quantitative estimate of drug-likeness (QED) is 0.664. The molecule has 0 amide bonds. The molecule has 4 heteroatoms. The molecule has 20 heavy (non-hydrogen) atoms. The van der Waals surface area contributed by atoms with E-state index in [1.54, 1.807) is 18.2 Å². The summed E-state index contributed by atoms with van der Waals surface area (Å²) in [4.78, 5) is 0. The van der Waals surface area contributed by atoms with E-state index in [1.165, 1.54) is 11.1 Å². The first kappa shape index (κ1) is 14.4. The Kier molecular flexibility index (Phi) is 4.30. The molecule has 0 aliphatic heterocycles. The third-order valence-corrected chi connectivity index (χ3v) is 3.43. The van der Waals surface area contributed by atoms with E-state index >= 15 is 0 Å². The van der Waals surface area contributed by atoms with Crippen molar-refractivity contribution in [1.82, 2.24) is 0 Å². The van der Waals surface area contributed by atoms with Crippen LogP contribution in [0.2, 0.25) is 5.02 Å². The van der Waals surface area contributed by atoms with E-state index in [4.69, 9.17) is 27.5 Å². The van der Waals surface area contributed by atoms with E-state index in [1.807, 2.05) is 6.07 Å². The highest BCUT2D eigenvalue weighted by molar-refractivity contribution is 6.30. The average molecular weight is 289 g/mol. The fraction of sp³-hybridized carbons (Fsp3) is 0.188. The van der Waals surface area contributed by atoms with Gasteiger partial charge in [0.1, 0.15) is 18.2 Å². The largest absolute Gasteiger partial charge is 0.488 e. The summed E-state index contributed by atoms with van der Waals surface area (Å²) >= 11 is 5.96. The van der Waals surface area contributed by atoms with Gasteiger partial charge in [0.15, 0.2) is 0 Å². The Morgan fingerprint density at radius 2 is 1.90 bits per heavy atom. The van der Waals surface area contributed by atoms with Crippen molar-refractivity contribution in [3.05, 3.63) is 63.7 Å². The van der Waals surface area contributed by atoms with Crippen LogP contribution in [0.15, 0.2) is 36.4 Å². The van der Waals surface area contributed by atoms with Gasteiger partial charge in [-0.25, -0.2) is 0 Å². The number of hydrogen-bond donors (Lipinski definition) is 2. The summed E-state index contributed by atoms with van der Waals surface area (Å²) in [6, 6.07) is 11.3. The Bertz CT molecular complexity index is 653. The zero-order chi connectivity index (χ0) is 14.7. The molecular formula is C16H17ClN2O. The van der Waals surface area contributed by atoms with E-state index in [0.29, 0.717) is 22.9 Å². The molecule has 0 fully saturated rings. The summed E-state index contributed by atoms with van der Waals surface area (Å²) in [5.74, 6) is 0.500. The zero-order valence-electron chi connectivity index (χ0n) is 11.5. The number of halogens is 1. The third-order valence-electron chi connectivity index (χ3n) is 3.20. The molecule has 0 atom stereocenters. The van der Waals surface area contributed by atoms with Crippen molar-refractivity contribution in [1.29, 1.82) is 5.41 Å². The summed E-state index contributed by atoms with van der Waals surface area (Å²) in [7, 11) is 0. The topological polar surface area (TPSA) is 59.1 Å². The summed E-state index contributed by atoms with van der Waals surface area (Å²) in [6.07, 6.45) is 0. The highest BCUT2D eigenvalue weighted by atomic mass is 35.5. The van der Waals surface area contributed by atoms with Gasteiger partial charge < -0.3 is 10.5 Å². The molecule has 0 spiro atoms. The first-order valence-electron chi connectivity index (χ1n) is 6.30. The molecule has 104 valence electrons. The van der Waals surface area contributed by atoms with Gasteiger partial charge in [0.05, 0.1) is 5.56 Å². The van der Waals surface area contributed by atoms with Crippen LogP contribution in [0.5, 0.6) is 5.75 Å². The van der Waals surface area contributed by atoms with E-state index in [9.17, 15) is 0 Å². The van der Waals surface area contributed by atoms with Crippen LogP contribution in [0, 0.1) is 19.3 Å². The van der Waals surface area contributed by atoms with E-state index in [0.717, 1.165) is 5.56 Å². The van der Waals surface area contributed by atoms with Crippen molar-refractivity contribution in [2.75, 3.05) is 0 Å². The number of hydrogen-bond acceptors (Lipinski definition) is 2. The summed E-state index contributed by atoms with van der Waals surface area (Å²) in [5.41, 5.74) is 9.64. The number of nitrogens with one attached hydrogen (secondary N) is 1. The molecule has 0 aromatic heterocycles. The molecule has 0 aliphatic rings. The van der Waals surface area contributed by atoms with Crippen LogP contribution in [0.1, 0.15) is 22.3 Å². The van der Waals surface area contributed by atoms with E-state index in [-0.39, 0.29) is 5.84 Å². The highest BCUT2D eigenvalue weighted by Crippen LogP contribution is 2.24. The first-order valence-corrected chi connectivity index (χ1v) is 6.68. The maximum atomic E-state index is 7.55. The van der Waals surface area contributed by atoms with Crippen molar-refractivity contribution in [2.45, 2.75) is 20.5 Å². The van der Waals surface area contributed by atoms with Gasteiger partial charge in [0.25, 0.3) is 0 Å². The van der Waals surface area contributed by atoms with Crippen LogP contribution >= 0.6 is 11.6 Å². The molecule has 0 bridgehead atoms. The third kappa shape index (κ3) is 3.31. The molecule has 2 aromatic rings. The van der Waals surface area contributed by atoms with Crippen LogP contribution in [0.25, 0.3) is 0 Å². The molecule has 2 aromatic carbocycles. The lowest BCUT2D eigenvalue weighted by Gasteiger charge is -2.12. The lowest BCUT2D eigenvalue weighted by atomic mass is 10.1. The van der Waals surface area contributed by atoms with Crippen molar-refractivity contribution in [3.8, 4) is 5.75 Å². The molecule has 0 saturated heterocycles. The Balaban J connectivity index is 2.20. The Labute approximate surface area is 123 Å². The van der Waals surface area contributed by atoms with Crippen LogP contribution < -0.4 is 10.5 Å². The fourth-order valence-electron chi connectivity index (χ4n) is 1.89. The molecular weight excluding hydrogens is 272 g/mol.